The highest BCUT2D eigenvalue weighted by molar-refractivity contribution is 6.34. The molecule has 2 rings (SSSR count). The molecule has 0 heterocycles. The number of ketones is 1. The molecule has 1 N–H and O–H groups in total. The Bertz CT molecular complexity index is 763. The van der Waals surface area contributed by atoms with Crippen molar-refractivity contribution in [3.63, 3.8) is 0 Å². The van der Waals surface area contributed by atoms with Gasteiger partial charge in [-0.3, -0.25) is 9.59 Å². The molecule has 0 aliphatic carbocycles. The molecular formula is C19H20ClF2NO2. The van der Waals surface area contributed by atoms with Gasteiger partial charge >= 0.3 is 0 Å². The van der Waals surface area contributed by atoms with Gasteiger partial charge in [0, 0.05) is 18.9 Å². The van der Waals surface area contributed by atoms with Crippen LogP contribution in [0.4, 0.5) is 14.5 Å². The average Bonchev–Trinajstić information content (AvgIpc) is 2.59. The van der Waals surface area contributed by atoms with Crippen molar-refractivity contribution in [2.45, 2.75) is 33.6 Å². The Balaban J connectivity index is 0.00000151. The minimum Gasteiger partial charge on any atom is -0.319 e. The van der Waals surface area contributed by atoms with Gasteiger partial charge in [-0.05, 0) is 23.8 Å². The number of halogens is 3. The third-order valence-corrected chi connectivity index (χ3v) is 3.60. The second kappa shape index (κ2) is 9.89. The Hall–Kier alpha value is -2.27. The van der Waals surface area contributed by atoms with E-state index in [-0.39, 0.29) is 28.5 Å². The number of hydrogen-bond acceptors (Lipinski definition) is 2. The van der Waals surface area contributed by atoms with Gasteiger partial charge in [0.25, 0.3) is 5.91 Å². The van der Waals surface area contributed by atoms with Gasteiger partial charge in [-0.15, -0.1) is 0 Å². The predicted molar refractivity (Wildman–Crippen MR) is 96.1 cm³/mol. The van der Waals surface area contributed by atoms with E-state index in [1.165, 1.54) is 6.07 Å². The third-order valence-electron chi connectivity index (χ3n) is 3.29. The first-order valence-electron chi connectivity index (χ1n) is 7.98. The maximum atomic E-state index is 13.7. The van der Waals surface area contributed by atoms with Crippen LogP contribution in [0.2, 0.25) is 5.02 Å². The molecule has 0 aliphatic heterocycles. The molecule has 2 aromatic rings. The van der Waals surface area contributed by atoms with Gasteiger partial charge in [0.05, 0.1) is 16.3 Å². The monoisotopic (exact) mass is 367 g/mol. The molecule has 0 bridgehead atoms. The van der Waals surface area contributed by atoms with Crippen LogP contribution in [0.15, 0.2) is 36.4 Å². The quantitative estimate of drug-likeness (QED) is 0.767. The van der Waals surface area contributed by atoms with Gasteiger partial charge in [-0.1, -0.05) is 44.5 Å². The minimum absolute atomic E-state index is 0.0470. The number of benzene rings is 2. The van der Waals surface area contributed by atoms with Crippen LogP contribution in [0, 0.1) is 11.6 Å². The summed E-state index contributed by atoms with van der Waals surface area (Å²) in [7, 11) is 0. The summed E-state index contributed by atoms with van der Waals surface area (Å²) in [6.07, 6.45) is 0.395. The van der Waals surface area contributed by atoms with Gasteiger partial charge < -0.3 is 5.32 Å². The van der Waals surface area contributed by atoms with E-state index >= 15 is 0 Å². The highest BCUT2D eigenvalue weighted by Crippen LogP contribution is 2.23. The Kier molecular flexibility index (Phi) is 8.22. The third kappa shape index (κ3) is 5.64. The topological polar surface area (TPSA) is 46.2 Å². The normalized spacial score (nSPS) is 9.84. The zero-order valence-corrected chi connectivity index (χ0v) is 15.1. The molecule has 0 saturated heterocycles. The fourth-order valence-corrected chi connectivity index (χ4v) is 2.36. The Morgan fingerprint density at radius 1 is 1.12 bits per heavy atom. The average molecular weight is 368 g/mol. The summed E-state index contributed by atoms with van der Waals surface area (Å²) in [5, 5.41) is 2.51. The summed E-state index contributed by atoms with van der Waals surface area (Å²) in [6.45, 7) is 5.72. The van der Waals surface area contributed by atoms with E-state index in [0.717, 1.165) is 12.1 Å². The van der Waals surface area contributed by atoms with Gasteiger partial charge in [0.2, 0.25) is 0 Å². The molecule has 0 aliphatic rings. The molecule has 0 aromatic heterocycles. The molecule has 0 saturated carbocycles. The zero-order valence-electron chi connectivity index (χ0n) is 14.3. The molecule has 2 aromatic carbocycles. The van der Waals surface area contributed by atoms with Crippen molar-refractivity contribution in [3.05, 3.63) is 64.2 Å². The molecule has 0 atom stereocenters. The number of anilines is 1. The van der Waals surface area contributed by atoms with Crippen LogP contribution in [0.25, 0.3) is 0 Å². The number of rotatable bonds is 5. The van der Waals surface area contributed by atoms with Crippen molar-refractivity contribution in [3.8, 4) is 0 Å². The Morgan fingerprint density at radius 2 is 1.80 bits per heavy atom. The van der Waals surface area contributed by atoms with Gasteiger partial charge in [0.15, 0.2) is 0 Å². The SMILES string of the molecule is CC.CCC(=O)Cc1cccc(Cl)c1C(=O)Nc1ccc(F)cc1F. The van der Waals surface area contributed by atoms with Gasteiger partial charge in [0.1, 0.15) is 17.4 Å². The number of carbonyl (C=O) groups excluding carboxylic acids is 2. The van der Waals surface area contributed by atoms with Gasteiger partial charge in [-0.25, -0.2) is 8.78 Å². The number of hydrogen-bond donors (Lipinski definition) is 1. The Morgan fingerprint density at radius 3 is 2.40 bits per heavy atom. The van der Waals surface area contributed by atoms with E-state index in [4.69, 9.17) is 11.6 Å². The van der Waals surface area contributed by atoms with E-state index in [1.807, 2.05) is 13.8 Å². The van der Waals surface area contributed by atoms with Crippen LogP contribution in [0.3, 0.4) is 0 Å². The van der Waals surface area contributed by atoms with E-state index in [2.05, 4.69) is 5.32 Å². The summed E-state index contributed by atoms with van der Waals surface area (Å²) in [5.74, 6) is -2.33. The standard InChI is InChI=1S/C17H14ClF2NO2.C2H6/c1-2-12(22)8-10-4-3-5-13(18)16(10)17(23)21-15-7-6-11(19)9-14(15)20;1-2/h3-7,9H,2,8H2,1H3,(H,21,23);1-2H3. The van der Waals surface area contributed by atoms with Crippen molar-refractivity contribution < 1.29 is 18.4 Å². The maximum absolute atomic E-state index is 13.7. The largest absolute Gasteiger partial charge is 0.319 e. The van der Waals surface area contributed by atoms with Crippen LogP contribution >= 0.6 is 11.6 Å². The van der Waals surface area contributed by atoms with Gasteiger partial charge in [-0.2, -0.15) is 0 Å². The molecule has 6 heteroatoms. The summed E-state index contributed by atoms with van der Waals surface area (Å²) in [6, 6.07) is 7.59. The summed E-state index contributed by atoms with van der Waals surface area (Å²) in [5.41, 5.74) is 0.410. The predicted octanol–water partition coefficient (Wildman–Crippen LogP) is 5.42. The van der Waals surface area contributed by atoms with E-state index < -0.39 is 17.5 Å². The van der Waals surface area contributed by atoms with Crippen molar-refractivity contribution in [1.29, 1.82) is 0 Å². The molecule has 25 heavy (non-hydrogen) atoms. The molecular weight excluding hydrogens is 348 g/mol. The lowest BCUT2D eigenvalue weighted by Gasteiger charge is -2.12. The van der Waals surface area contributed by atoms with E-state index in [1.54, 1.807) is 19.1 Å². The van der Waals surface area contributed by atoms with Crippen molar-refractivity contribution >= 4 is 29.0 Å². The van der Waals surface area contributed by atoms with E-state index in [9.17, 15) is 18.4 Å². The molecule has 0 fully saturated rings. The first kappa shape index (κ1) is 20.8. The molecule has 134 valence electrons. The number of Topliss-reactive ketones (excluding diaryl/α,β-unsaturated/α-hetero) is 1. The van der Waals surface area contributed by atoms with Crippen molar-refractivity contribution in [2.24, 2.45) is 0 Å². The minimum atomic E-state index is -0.892. The van der Waals surface area contributed by atoms with Crippen LogP contribution in [0.1, 0.15) is 43.1 Å². The van der Waals surface area contributed by atoms with Crippen LogP contribution in [0.5, 0.6) is 0 Å². The summed E-state index contributed by atoms with van der Waals surface area (Å²) in [4.78, 5) is 24.0. The maximum Gasteiger partial charge on any atom is 0.257 e. The fraction of sp³-hybridized carbons (Fsp3) is 0.263. The Labute approximate surface area is 151 Å². The number of amides is 1. The molecule has 3 nitrogen and oxygen atoms in total. The lowest BCUT2D eigenvalue weighted by atomic mass is 10.0. The summed E-state index contributed by atoms with van der Waals surface area (Å²) < 4.78 is 26.6. The number of carbonyl (C=O) groups is 2. The second-order valence-corrected chi connectivity index (χ2v) is 5.33. The molecule has 0 spiro atoms. The second-order valence-electron chi connectivity index (χ2n) is 4.92. The summed E-state index contributed by atoms with van der Waals surface area (Å²) >= 11 is 6.06. The lowest BCUT2D eigenvalue weighted by Crippen LogP contribution is -2.17. The highest BCUT2D eigenvalue weighted by Gasteiger charge is 2.18. The first-order valence-corrected chi connectivity index (χ1v) is 8.35. The molecule has 0 unspecified atom stereocenters. The van der Waals surface area contributed by atoms with Crippen molar-refractivity contribution in [1.82, 2.24) is 0 Å². The molecule has 1 amide bonds. The smallest absolute Gasteiger partial charge is 0.257 e. The van der Waals surface area contributed by atoms with E-state index in [0.29, 0.717) is 18.1 Å². The van der Waals surface area contributed by atoms with Crippen LogP contribution in [-0.4, -0.2) is 11.7 Å². The van der Waals surface area contributed by atoms with Crippen molar-refractivity contribution in [2.75, 3.05) is 5.32 Å². The number of nitrogens with one attached hydrogen (secondary N) is 1. The first-order chi connectivity index (χ1) is 11.9. The molecule has 0 radical (unpaired) electrons. The fourth-order valence-electron chi connectivity index (χ4n) is 2.08. The van der Waals surface area contributed by atoms with Crippen LogP contribution in [-0.2, 0) is 11.2 Å². The zero-order chi connectivity index (χ0) is 19.0. The van der Waals surface area contributed by atoms with Crippen LogP contribution < -0.4 is 5.32 Å². The highest BCUT2D eigenvalue weighted by atomic mass is 35.5. The lowest BCUT2D eigenvalue weighted by molar-refractivity contribution is -0.118.